The first-order valence-corrected chi connectivity index (χ1v) is 7.69. The Morgan fingerprint density at radius 1 is 1.26 bits per heavy atom. The molecule has 1 N–H and O–H groups in total. The van der Waals surface area contributed by atoms with Gasteiger partial charge in [-0.25, -0.2) is 4.79 Å². The number of hydrogen-bond donors (Lipinski definition) is 1. The molecule has 2 aliphatic rings. The lowest BCUT2D eigenvalue weighted by molar-refractivity contribution is -0.152. The van der Waals surface area contributed by atoms with Gasteiger partial charge in [0.1, 0.15) is 0 Å². The fourth-order valence-electron chi connectivity index (χ4n) is 3.05. The summed E-state index contributed by atoms with van der Waals surface area (Å²) >= 11 is 0. The van der Waals surface area contributed by atoms with E-state index in [0.717, 1.165) is 5.56 Å². The summed E-state index contributed by atoms with van der Waals surface area (Å²) in [6.45, 7) is 2.25. The van der Waals surface area contributed by atoms with E-state index in [1.54, 1.807) is 21.7 Å². The lowest BCUT2D eigenvalue weighted by Crippen LogP contribution is -2.66. The normalized spacial score (nSPS) is 20.8. The molecule has 2 aliphatic heterocycles. The Morgan fingerprint density at radius 2 is 2.00 bits per heavy atom. The van der Waals surface area contributed by atoms with Gasteiger partial charge in [0.2, 0.25) is 0 Å². The van der Waals surface area contributed by atoms with E-state index < -0.39 is 11.8 Å². The molecule has 1 aromatic rings. The molecule has 7 nitrogen and oxygen atoms in total. The molecule has 0 saturated carbocycles. The van der Waals surface area contributed by atoms with E-state index in [1.807, 2.05) is 30.3 Å². The number of carbonyl (C=O) groups is 3. The third kappa shape index (κ3) is 3.13. The van der Waals surface area contributed by atoms with Crippen molar-refractivity contribution in [3.05, 3.63) is 35.9 Å². The molecule has 0 aliphatic carbocycles. The van der Waals surface area contributed by atoms with Gasteiger partial charge in [-0.3, -0.25) is 9.59 Å². The number of hydrogen-bond acceptors (Lipinski definition) is 3. The Labute approximate surface area is 134 Å². The van der Waals surface area contributed by atoms with Crippen LogP contribution in [0.3, 0.4) is 0 Å². The summed E-state index contributed by atoms with van der Waals surface area (Å²) < 4.78 is 0. The Bertz CT molecular complexity index is 619. The van der Waals surface area contributed by atoms with Crippen molar-refractivity contribution in [2.45, 2.75) is 12.6 Å². The maximum Gasteiger partial charge on any atom is 0.320 e. The van der Waals surface area contributed by atoms with Crippen molar-refractivity contribution in [2.24, 2.45) is 0 Å². The molecule has 0 aromatic heterocycles. The Hall–Kier alpha value is -2.57. The maximum absolute atomic E-state index is 12.6. The summed E-state index contributed by atoms with van der Waals surface area (Å²) in [5.41, 5.74) is 1.07. The molecular formula is C16H20N4O3. The van der Waals surface area contributed by atoms with Gasteiger partial charge in [0, 0.05) is 39.8 Å². The van der Waals surface area contributed by atoms with Crippen LogP contribution in [-0.2, 0) is 16.1 Å². The topological polar surface area (TPSA) is 73.0 Å². The van der Waals surface area contributed by atoms with Crippen molar-refractivity contribution in [3.63, 3.8) is 0 Å². The SMILES string of the molecule is CN(Cc1ccccc1)C(=O)N1CCN2C(=O)C(=O)NCC2C1. The minimum atomic E-state index is -0.553. The van der Waals surface area contributed by atoms with Crippen molar-refractivity contribution in [2.75, 3.05) is 33.2 Å². The summed E-state index contributed by atoms with van der Waals surface area (Å²) in [6.07, 6.45) is 0. The molecule has 1 atom stereocenters. The quantitative estimate of drug-likeness (QED) is 0.773. The number of nitrogens with one attached hydrogen (secondary N) is 1. The van der Waals surface area contributed by atoms with E-state index in [4.69, 9.17) is 0 Å². The highest BCUT2D eigenvalue weighted by molar-refractivity contribution is 6.35. The second-order valence-corrected chi connectivity index (χ2v) is 5.93. The van der Waals surface area contributed by atoms with Gasteiger partial charge in [-0.2, -0.15) is 0 Å². The fourth-order valence-corrected chi connectivity index (χ4v) is 3.05. The summed E-state index contributed by atoms with van der Waals surface area (Å²) in [7, 11) is 1.77. The van der Waals surface area contributed by atoms with E-state index in [0.29, 0.717) is 32.7 Å². The Kier molecular flexibility index (Phi) is 4.18. The van der Waals surface area contributed by atoms with Crippen LogP contribution in [0.4, 0.5) is 4.79 Å². The number of urea groups is 1. The highest BCUT2D eigenvalue weighted by Gasteiger charge is 2.39. The third-order valence-electron chi connectivity index (χ3n) is 4.30. The summed E-state index contributed by atoms with van der Waals surface area (Å²) in [5.74, 6) is -1.05. The van der Waals surface area contributed by atoms with Gasteiger partial charge < -0.3 is 20.0 Å². The maximum atomic E-state index is 12.6. The standard InChI is InChI=1S/C16H20N4O3/c1-18(10-12-5-3-2-4-6-12)16(23)19-7-8-20-13(11-19)9-17-14(21)15(20)22/h2-6,13H,7-11H2,1H3,(H,17,21). The van der Waals surface area contributed by atoms with Gasteiger partial charge in [0.25, 0.3) is 0 Å². The zero-order chi connectivity index (χ0) is 16.4. The smallest absolute Gasteiger partial charge is 0.320 e. The molecule has 1 unspecified atom stereocenters. The summed E-state index contributed by atoms with van der Waals surface area (Å²) in [5, 5.41) is 2.58. The first kappa shape index (κ1) is 15.3. The predicted octanol–water partition coefficient (Wildman–Crippen LogP) is -0.119. The van der Waals surface area contributed by atoms with Gasteiger partial charge >= 0.3 is 17.8 Å². The Morgan fingerprint density at radius 3 is 2.74 bits per heavy atom. The molecule has 3 rings (SSSR count). The molecule has 23 heavy (non-hydrogen) atoms. The van der Waals surface area contributed by atoms with Gasteiger partial charge in [0.05, 0.1) is 6.04 Å². The minimum absolute atomic E-state index is 0.0575. The van der Waals surface area contributed by atoms with Crippen LogP contribution in [0.15, 0.2) is 30.3 Å². The van der Waals surface area contributed by atoms with Crippen LogP contribution in [-0.4, -0.2) is 71.8 Å². The monoisotopic (exact) mass is 316 g/mol. The van der Waals surface area contributed by atoms with Crippen molar-refractivity contribution < 1.29 is 14.4 Å². The first-order valence-electron chi connectivity index (χ1n) is 7.69. The lowest BCUT2D eigenvalue weighted by Gasteiger charge is -2.44. The molecule has 0 radical (unpaired) electrons. The van der Waals surface area contributed by atoms with Crippen LogP contribution >= 0.6 is 0 Å². The van der Waals surface area contributed by atoms with E-state index in [9.17, 15) is 14.4 Å². The average molecular weight is 316 g/mol. The zero-order valence-electron chi connectivity index (χ0n) is 13.1. The lowest BCUT2D eigenvalue weighted by atomic mass is 10.1. The van der Waals surface area contributed by atoms with E-state index >= 15 is 0 Å². The number of fused-ring (bicyclic) bond motifs is 1. The van der Waals surface area contributed by atoms with E-state index in [1.165, 1.54) is 0 Å². The van der Waals surface area contributed by atoms with Gasteiger partial charge in [0.15, 0.2) is 0 Å². The molecule has 0 spiro atoms. The van der Waals surface area contributed by atoms with Crippen LogP contribution in [0.25, 0.3) is 0 Å². The second-order valence-electron chi connectivity index (χ2n) is 5.93. The first-order chi connectivity index (χ1) is 11.1. The van der Waals surface area contributed by atoms with Crippen LogP contribution in [0.2, 0.25) is 0 Å². The molecular weight excluding hydrogens is 296 g/mol. The van der Waals surface area contributed by atoms with Crippen molar-refractivity contribution in [1.82, 2.24) is 20.0 Å². The summed E-state index contributed by atoms with van der Waals surface area (Å²) in [6, 6.07) is 9.61. The molecule has 1 aromatic carbocycles. The van der Waals surface area contributed by atoms with Crippen molar-refractivity contribution in [3.8, 4) is 0 Å². The number of piperazine rings is 2. The highest BCUT2D eigenvalue weighted by Crippen LogP contribution is 2.15. The third-order valence-corrected chi connectivity index (χ3v) is 4.30. The van der Waals surface area contributed by atoms with Gasteiger partial charge in [-0.15, -0.1) is 0 Å². The van der Waals surface area contributed by atoms with Crippen molar-refractivity contribution in [1.29, 1.82) is 0 Å². The number of rotatable bonds is 2. The molecule has 7 heteroatoms. The fraction of sp³-hybridized carbons (Fsp3) is 0.438. The molecule has 2 saturated heterocycles. The number of amides is 4. The van der Waals surface area contributed by atoms with E-state index in [-0.39, 0.29) is 12.1 Å². The zero-order valence-corrected chi connectivity index (χ0v) is 13.1. The molecule has 4 amide bonds. The van der Waals surface area contributed by atoms with Crippen LogP contribution < -0.4 is 5.32 Å². The minimum Gasteiger partial charge on any atom is -0.346 e. The van der Waals surface area contributed by atoms with E-state index in [2.05, 4.69) is 5.32 Å². The molecule has 122 valence electrons. The van der Waals surface area contributed by atoms with Crippen LogP contribution in [0.1, 0.15) is 5.56 Å². The number of nitrogens with zero attached hydrogens (tertiary/aromatic N) is 3. The van der Waals surface area contributed by atoms with Crippen LogP contribution in [0, 0.1) is 0 Å². The largest absolute Gasteiger partial charge is 0.346 e. The Balaban J connectivity index is 1.61. The molecule has 2 fully saturated rings. The number of benzene rings is 1. The number of carbonyl (C=O) groups excluding carboxylic acids is 3. The second kappa shape index (κ2) is 6.28. The van der Waals surface area contributed by atoms with Gasteiger partial charge in [-0.1, -0.05) is 30.3 Å². The van der Waals surface area contributed by atoms with Gasteiger partial charge in [-0.05, 0) is 5.56 Å². The molecule has 0 bridgehead atoms. The van der Waals surface area contributed by atoms with Crippen molar-refractivity contribution >= 4 is 17.8 Å². The van der Waals surface area contributed by atoms with Crippen LogP contribution in [0.5, 0.6) is 0 Å². The highest BCUT2D eigenvalue weighted by atomic mass is 16.2. The molecule has 2 heterocycles. The average Bonchev–Trinajstić information content (AvgIpc) is 2.58. The predicted molar refractivity (Wildman–Crippen MR) is 83.4 cm³/mol. The summed E-state index contributed by atoms with van der Waals surface area (Å²) in [4.78, 5) is 40.8.